The molecule has 2 heterocycles. The third-order valence-electron chi connectivity index (χ3n) is 4.61. The molecule has 2 aromatic rings. The number of piperidine rings is 1. The zero-order valence-electron chi connectivity index (χ0n) is 15.3. The second-order valence-corrected chi connectivity index (χ2v) is 8.60. The molecule has 1 amide bonds. The van der Waals surface area contributed by atoms with Crippen molar-refractivity contribution in [3.8, 4) is 0 Å². The first-order chi connectivity index (χ1) is 13.0. The van der Waals surface area contributed by atoms with Crippen LogP contribution in [0.2, 0.25) is 0 Å². The van der Waals surface area contributed by atoms with Crippen LogP contribution in [0.4, 0.5) is 5.69 Å². The maximum Gasteiger partial charge on any atom is 0.243 e. The third-order valence-corrected chi connectivity index (χ3v) is 6.50. The van der Waals surface area contributed by atoms with E-state index in [0.717, 1.165) is 25.0 Å². The van der Waals surface area contributed by atoms with Gasteiger partial charge in [0.05, 0.1) is 23.7 Å². The lowest BCUT2D eigenvalue weighted by atomic mass is 10.2. The van der Waals surface area contributed by atoms with Crippen molar-refractivity contribution < 1.29 is 17.6 Å². The Morgan fingerprint density at radius 2 is 1.96 bits per heavy atom. The summed E-state index contributed by atoms with van der Waals surface area (Å²) in [6, 6.07) is 9.94. The molecule has 1 atom stereocenters. The zero-order chi connectivity index (χ0) is 19.3. The number of nitrogens with one attached hydrogen (secondary N) is 2. The fourth-order valence-electron chi connectivity index (χ4n) is 3.08. The van der Waals surface area contributed by atoms with Crippen molar-refractivity contribution in [2.75, 3.05) is 25.0 Å². The summed E-state index contributed by atoms with van der Waals surface area (Å²) >= 11 is 0. The molecule has 7 nitrogen and oxygen atoms in total. The first-order valence-corrected chi connectivity index (χ1v) is 10.6. The van der Waals surface area contributed by atoms with E-state index < -0.39 is 10.0 Å². The fraction of sp³-hybridized carbons (Fsp3) is 0.421. The molecule has 0 radical (unpaired) electrons. The average Bonchev–Trinajstić information content (AvgIpc) is 3.22. The Hall–Kier alpha value is -2.16. The highest BCUT2D eigenvalue weighted by atomic mass is 32.2. The number of sulfonamides is 1. The number of benzene rings is 1. The molecule has 146 valence electrons. The van der Waals surface area contributed by atoms with Crippen LogP contribution in [0.25, 0.3) is 0 Å². The van der Waals surface area contributed by atoms with E-state index in [0.29, 0.717) is 18.8 Å². The van der Waals surface area contributed by atoms with Gasteiger partial charge in [-0.05, 0) is 50.1 Å². The minimum absolute atomic E-state index is 0.0883. The summed E-state index contributed by atoms with van der Waals surface area (Å²) in [4.78, 5) is 12.4. The topological polar surface area (TPSA) is 91.7 Å². The van der Waals surface area contributed by atoms with E-state index in [1.54, 1.807) is 30.5 Å². The van der Waals surface area contributed by atoms with Crippen molar-refractivity contribution in [1.29, 1.82) is 0 Å². The number of nitrogens with zero attached hydrogens (tertiary/aromatic N) is 1. The monoisotopic (exact) mass is 391 g/mol. The van der Waals surface area contributed by atoms with Crippen LogP contribution >= 0.6 is 0 Å². The molecule has 0 spiro atoms. The number of furan rings is 1. The average molecular weight is 391 g/mol. The molecular weight excluding hydrogens is 366 g/mol. The Morgan fingerprint density at radius 1 is 1.19 bits per heavy atom. The van der Waals surface area contributed by atoms with Crippen molar-refractivity contribution in [2.45, 2.75) is 37.1 Å². The number of rotatable bonds is 7. The quantitative estimate of drug-likeness (QED) is 0.757. The predicted molar refractivity (Wildman–Crippen MR) is 103 cm³/mol. The zero-order valence-corrected chi connectivity index (χ0v) is 16.2. The number of carbonyl (C=O) groups is 1. The largest absolute Gasteiger partial charge is 0.468 e. The lowest BCUT2D eigenvalue weighted by Gasteiger charge is -2.26. The van der Waals surface area contributed by atoms with Gasteiger partial charge in [-0.25, -0.2) is 8.42 Å². The smallest absolute Gasteiger partial charge is 0.243 e. The molecule has 1 aliphatic heterocycles. The van der Waals surface area contributed by atoms with Gasteiger partial charge in [-0.2, -0.15) is 4.31 Å². The highest BCUT2D eigenvalue weighted by Crippen LogP contribution is 2.22. The highest BCUT2D eigenvalue weighted by molar-refractivity contribution is 7.89. The molecule has 0 unspecified atom stereocenters. The van der Waals surface area contributed by atoms with Gasteiger partial charge in [0, 0.05) is 18.8 Å². The van der Waals surface area contributed by atoms with Crippen molar-refractivity contribution in [3.05, 3.63) is 48.4 Å². The van der Waals surface area contributed by atoms with E-state index in [-0.39, 0.29) is 23.4 Å². The minimum atomic E-state index is -3.52. The van der Waals surface area contributed by atoms with Gasteiger partial charge in [0.1, 0.15) is 5.76 Å². The van der Waals surface area contributed by atoms with Crippen LogP contribution in [-0.2, 0) is 14.8 Å². The number of hydrogen-bond acceptors (Lipinski definition) is 5. The summed E-state index contributed by atoms with van der Waals surface area (Å²) < 4.78 is 32.3. The predicted octanol–water partition coefficient (Wildman–Crippen LogP) is 2.74. The van der Waals surface area contributed by atoms with Gasteiger partial charge in [-0.3, -0.25) is 10.1 Å². The molecule has 0 bridgehead atoms. The molecule has 3 rings (SSSR count). The van der Waals surface area contributed by atoms with Crippen molar-refractivity contribution in [2.24, 2.45) is 0 Å². The summed E-state index contributed by atoms with van der Waals surface area (Å²) in [5, 5.41) is 5.81. The Balaban J connectivity index is 1.60. The number of amides is 1. The van der Waals surface area contributed by atoms with Crippen molar-refractivity contribution in [3.63, 3.8) is 0 Å². The molecule has 27 heavy (non-hydrogen) atoms. The maximum atomic E-state index is 12.8. The van der Waals surface area contributed by atoms with Crippen LogP contribution in [0, 0.1) is 0 Å². The fourth-order valence-corrected chi connectivity index (χ4v) is 4.64. The molecule has 1 fully saturated rings. The van der Waals surface area contributed by atoms with E-state index in [1.165, 1.54) is 10.4 Å². The maximum absolute atomic E-state index is 12.8. The molecule has 1 aromatic carbocycles. The number of hydrogen-bond donors (Lipinski definition) is 2. The summed E-state index contributed by atoms with van der Waals surface area (Å²) in [6.07, 6.45) is 4.41. The van der Waals surface area contributed by atoms with Gasteiger partial charge < -0.3 is 9.73 Å². The van der Waals surface area contributed by atoms with E-state index in [4.69, 9.17) is 4.42 Å². The normalized spacial score (nSPS) is 16.8. The lowest BCUT2D eigenvalue weighted by Crippen LogP contribution is -2.35. The Kier molecular flexibility index (Phi) is 6.30. The van der Waals surface area contributed by atoms with Crippen molar-refractivity contribution >= 4 is 21.6 Å². The minimum Gasteiger partial charge on any atom is -0.468 e. The van der Waals surface area contributed by atoms with Crippen LogP contribution in [0.15, 0.2) is 52.0 Å². The molecule has 0 saturated carbocycles. The standard InChI is InChI=1S/C19H25N3O4S/c1-15(18-9-6-12-26-18)20-14-19(23)21-16-7-5-8-17(13-16)27(24,25)22-10-3-2-4-11-22/h5-9,12-13,15,20H,2-4,10-11,14H2,1H3,(H,21,23)/t15-/m1/s1. The molecule has 0 aliphatic carbocycles. The van der Waals surface area contributed by atoms with Gasteiger partial charge in [-0.1, -0.05) is 12.5 Å². The van der Waals surface area contributed by atoms with Crippen LogP contribution in [0.3, 0.4) is 0 Å². The Labute approximate surface area is 159 Å². The van der Waals surface area contributed by atoms with E-state index >= 15 is 0 Å². The number of carbonyl (C=O) groups excluding carboxylic acids is 1. The van der Waals surface area contributed by atoms with Gasteiger partial charge in [0.15, 0.2) is 0 Å². The van der Waals surface area contributed by atoms with Gasteiger partial charge in [-0.15, -0.1) is 0 Å². The molecule has 1 saturated heterocycles. The van der Waals surface area contributed by atoms with Gasteiger partial charge in [0.2, 0.25) is 15.9 Å². The second-order valence-electron chi connectivity index (χ2n) is 6.66. The molecule has 8 heteroatoms. The Bertz CT molecular complexity index is 859. The summed E-state index contributed by atoms with van der Waals surface area (Å²) in [6.45, 7) is 3.09. The highest BCUT2D eigenvalue weighted by Gasteiger charge is 2.26. The van der Waals surface area contributed by atoms with Crippen molar-refractivity contribution in [1.82, 2.24) is 9.62 Å². The van der Waals surface area contributed by atoms with Crippen LogP contribution in [0.1, 0.15) is 38.0 Å². The second kappa shape index (κ2) is 8.69. The first-order valence-electron chi connectivity index (χ1n) is 9.13. The summed E-state index contributed by atoms with van der Waals surface area (Å²) in [5.41, 5.74) is 0.463. The van der Waals surface area contributed by atoms with E-state index in [1.807, 2.05) is 13.0 Å². The lowest BCUT2D eigenvalue weighted by molar-refractivity contribution is -0.115. The molecule has 1 aromatic heterocycles. The molecule has 1 aliphatic rings. The van der Waals surface area contributed by atoms with Gasteiger partial charge >= 0.3 is 0 Å². The van der Waals surface area contributed by atoms with E-state index in [9.17, 15) is 13.2 Å². The third kappa shape index (κ3) is 4.97. The van der Waals surface area contributed by atoms with Crippen LogP contribution in [0.5, 0.6) is 0 Å². The Morgan fingerprint density at radius 3 is 2.67 bits per heavy atom. The first kappa shape index (κ1) is 19.6. The molecular formula is C19H25N3O4S. The summed E-state index contributed by atoms with van der Waals surface area (Å²) in [5.74, 6) is 0.498. The van der Waals surface area contributed by atoms with Crippen LogP contribution < -0.4 is 10.6 Å². The summed E-state index contributed by atoms with van der Waals surface area (Å²) in [7, 11) is -3.52. The van der Waals surface area contributed by atoms with Gasteiger partial charge in [0.25, 0.3) is 0 Å². The van der Waals surface area contributed by atoms with E-state index in [2.05, 4.69) is 10.6 Å². The van der Waals surface area contributed by atoms with Crippen LogP contribution in [-0.4, -0.2) is 38.3 Å². The number of anilines is 1. The SMILES string of the molecule is C[C@@H](NCC(=O)Nc1cccc(S(=O)(=O)N2CCCCC2)c1)c1ccco1. The molecule has 2 N–H and O–H groups in total.